The highest BCUT2D eigenvalue weighted by atomic mass is 35.5. The number of carbonyl (C=O) groups is 2. The van der Waals surface area contributed by atoms with Crippen molar-refractivity contribution in [1.82, 2.24) is 4.90 Å². The van der Waals surface area contributed by atoms with Crippen molar-refractivity contribution in [2.75, 3.05) is 13.6 Å². The molecule has 1 aliphatic carbocycles. The molecule has 0 fully saturated rings. The Morgan fingerprint density at radius 1 is 1.17 bits per heavy atom. The molecule has 0 saturated heterocycles. The topological polar surface area (TPSA) is 63.4 Å². The number of halogens is 1. The first-order chi connectivity index (χ1) is 10.5. The summed E-state index contributed by atoms with van der Waals surface area (Å²) >= 11 is 0. The van der Waals surface area contributed by atoms with Crippen LogP contribution in [0, 0.1) is 0 Å². The average Bonchev–Trinajstić information content (AvgIpc) is 2.57. The van der Waals surface area contributed by atoms with Crippen molar-refractivity contribution in [2.45, 2.75) is 51.5 Å². The van der Waals surface area contributed by atoms with E-state index in [-0.39, 0.29) is 43.0 Å². The summed E-state index contributed by atoms with van der Waals surface area (Å²) in [6.45, 7) is 2.34. The summed E-state index contributed by atoms with van der Waals surface area (Å²) in [4.78, 5) is 26.0. The number of nitrogens with zero attached hydrogens (tertiary/aromatic N) is 1. The predicted octanol–water partition coefficient (Wildman–Crippen LogP) is 2.76. The highest BCUT2D eigenvalue weighted by Crippen LogP contribution is 2.23. The zero-order valence-electron chi connectivity index (χ0n) is 14.0. The second kappa shape index (κ2) is 9.04. The Kier molecular flexibility index (Phi) is 7.73. The fourth-order valence-corrected chi connectivity index (χ4v) is 2.85. The van der Waals surface area contributed by atoms with Crippen LogP contribution in [0.5, 0.6) is 0 Å². The van der Waals surface area contributed by atoms with E-state index in [1.807, 2.05) is 19.1 Å². The number of aryl methyl sites for hydroxylation is 2. The van der Waals surface area contributed by atoms with E-state index in [1.165, 1.54) is 24.0 Å². The van der Waals surface area contributed by atoms with Crippen molar-refractivity contribution in [3.8, 4) is 0 Å². The van der Waals surface area contributed by atoms with E-state index >= 15 is 0 Å². The first-order valence-electron chi connectivity index (χ1n) is 8.13. The summed E-state index contributed by atoms with van der Waals surface area (Å²) < 4.78 is 0. The van der Waals surface area contributed by atoms with Gasteiger partial charge in [-0.15, -0.1) is 12.4 Å². The Morgan fingerprint density at radius 2 is 1.83 bits per heavy atom. The molecule has 128 valence electrons. The molecule has 0 aliphatic heterocycles. The average molecular weight is 339 g/mol. The van der Waals surface area contributed by atoms with E-state index < -0.39 is 0 Å². The zero-order valence-corrected chi connectivity index (χ0v) is 14.8. The molecule has 1 amide bonds. The number of nitrogens with two attached hydrogens (primary N) is 1. The van der Waals surface area contributed by atoms with Crippen LogP contribution in [0.3, 0.4) is 0 Å². The molecule has 1 unspecified atom stereocenters. The first-order valence-corrected chi connectivity index (χ1v) is 8.13. The first kappa shape index (κ1) is 19.7. The lowest BCUT2D eigenvalue weighted by Gasteiger charge is -2.23. The third kappa shape index (κ3) is 5.05. The van der Waals surface area contributed by atoms with Gasteiger partial charge in [-0.1, -0.05) is 12.1 Å². The fraction of sp³-hybridized carbons (Fsp3) is 0.556. The molecule has 2 rings (SSSR count). The summed E-state index contributed by atoms with van der Waals surface area (Å²) in [5.41, 5.74) is 8.97. The van der Waals surface area contributed by atoms with Crippen LogP contribution in [0.25, 0.3) is 0 Å². The molecule has 0 spiro atoms. The number of fused-ring (bicyclic) bond motifs is 1. The molecular formula is C18H27ClN2O2. The van der Waals surface area contributed by atoms with Gasteiger partial charge in [0.15, 0.2) is 5.78 Å². The Bertz CT molecular complexity index is 560. The van der Waals surface area contributed by atoms with E-state index in [1.54, 1.807) is 11.9 Å². The van der Waals surface area contributed by atoms with E-state index in [2.05, 4.69) is 6.07 Å². The quantitative estimate of drug-likeness (QED) is 0.811. The number of carbonyl (C=O) groups excluding carboxylic acids is 2. The molecule has 4 nitrogen and oxygen atoms in total. The van der Waals surface area contributed by atoms with Crippen LogP contribution in [0.2, 0.25) is 0 Å². The molecule has 1 aromatic rings. The lowest BCUT2D eigenvalue weighted by Crippen LogP contribution is -2.39. The molecule has 2 N–H and O–H groups in total. The van der Waals surface area contributed by atoms with Gasteiger partial charge < -0.3 is 10.6 Å². The number of ketones is 1. The van der Waals surface area contributed by atoms with E-state index in [0.29, 0.717) is 6.54 Å². The largest absolute Gasteiger partial charge is 0.342 e. The SMILES string of the molecule is CC(CN)N(C)C(=O)CCC(=O)c1ccc2c(c1)CCCC2.Cl. The van der Waals surface area contributed by atoms with Crippen LogP contribution in [-0.4, -0.2) is 36.2 Å². The number of hydrogen-bond donors (Lipinski definition) is 1. The molecule has 1 aliphatic rings. The number of likely N-dealkylation sites (N-methyl/N-ethyl adjacent to an activating group) is 1. The van der Waals surface area contributed by atoms with Gasteiger partial charge >= 0.3 is 0 Å². The summed E-state index contributed by atoms with van der Waals surface area (Å²) in [6.07, 6.45) is 5.12. The van der Waals surface area contributed by atoms with Crippen molar-refractivity contribution in [1.29, 1.82) is 0 Å². The molecule has 1 aromatic carbocycles. The summed E-state index contributed by atoms with van der Waals surface area (Å²) in [6, 6.07) is 6.01. The van der Waals surface area contributed by atoms with Gasteiger partial charge in [-0.25, -0.2) is 0 Å². The monoisotopic (exact) mass is 338 g/mol. The minimum Gasteiger partial charge on any atom is -0.342 e. The molecule has 0 saturated carbocycles. The second-order valence-corrected chi connectivity index (χ2v) is 6.20. The van der Waals surface area contributed by atoms with Gasteiger partial charge in [0.2, 0.25) is 5.91 Å². The van der Waals surface area contributed by atoms with Crippen molar-refractivity contribution in [2.24, 2.45) is 5.73 Å². The van der Waals surface area contributed by atoms with Gasteiger partial charge in [0.25, 0.3) is 0 Å². The maximum atomic E-state index is 12.3. The van der Waals surface area contributed by atoms with Gasteiger partial charge in [-0.2, -0.15) is 0 Å². The lowest BCUT2D eigenvalue weighted by atomic mass is 9.89. The zero-order chi connectivity index (χ0) is 16.1. The number of amides is 1. The molecule has 23 heavy (non-hydrogen) atoms. The van der Waals surface area contributed by atoms with Gasteiger partial charge in [0, 0.05) is 38.0 Å². The molecule has 5 heteroatoms. The smallest absolute Gasteiger partial charge is 0.223 e. The number of rotatable bonds is 6. The molecule has 0 aromatic heterocycles. The van der Waals surface area contributed by atoms with Gasteiger partial charge in [-0.05, 0) is 49.8 Å². The number of hydrogen-bond acceptors (Lipinski definition) is 3. The van der Waals surface area contributed by atoms with Gasteiger partial charge in [0.1, 0.15) is 0 Å². The third-order valence-corrected chi connectivity index (χ3v) is 4.63. The van der Waals surface area contributed by atoms with Crippen LogP contribution in [0.1, 0.15) is 54.1 Å². The highest BCUT2D eigenvalue weighted by Gasteiger charge is 2.17. The van der Waals surface area contributed by atoms with Crippen LogP contribution in [0.4, 0.5) is 0 Å². The summed E-state index contributed by atoms with van der Waals surface area (Å²) in [5.74, 6) is 0.0276. The number of benzene rings is 1. The minimum absolute atomic E-state index is 0. The molecule has 0 heterocycles. The normalized spacial score (nSPS) is 14.4. The standard InChI is InChI=1S/C18H26N2O2.ClH/c1-13(12-19)20(2)18(22)10-9-17(21)16-8-7-14-5-3-4-6-15(14)11-16;/h7-8,11,13H,3-6,9-10,12,19H2,1-2H3;1H. The molecule has 0 radical (unpaired) electrons. The molecule has 0 bridgehead atoms. The van der Waals surface area contributed by atoms with Crippen molar-refractivity contribution >= 4 is 24.1 Å². The van der Waals surface area contributed by atoms with E-state index in [4.69, 9.17) is 5.73 Å². The van der Waals surface area contributed by atoms with Crippen LogP contribution < -0.4 is 5.73 Å². The Balaban J connectivity index is 0.00000264. The Labute approximate surface area is 144 Å². The van der Waals surface area contributed by atoms with Crippen molar-refractivity contribution in [3.63, 3.8) is 0 Å². The minimum atomic E-state index is -0.0238. The summed E-state index contributed by atoms with van der Waals surface area (Å²) in [7, 11) is 1.74. The Hall–Kier alpha value is -1.39. The van der Waals surface area contributed by atoms with Crippen molar-refractivity contribution < 1.29 is 9.59 Å². The Morgan fingerprint density at radius 3 is 2.48 bits per heavy atom. The maximum absolute atomic E-state index is 12.3. The molecular weight excluding hydrogens is 312 g/mol. The van der Waals surface area contributed by atoms with E-state index in [0.717, 1.165) is 18.4 Å². The van der Waals surface area contributed by atoms with Crippen LogP contribution in [-0.2, 0) is 17.6 Å². The maximum Gasteiger partial charge on any atom is 0.223 e. The highest BCUT2D eigenvalue weighted by molar-refractivity contribution is 5.98. The van der Waals surface area contributed by atoms with Gasteiger partial charge in [0.05, 0.1) is 0 Å². The predicted molar refractivity (Wildman–Crippen MR) is 95.2 cm³/mol. The second-order valence-electron chi connectivity index (χ2n) is 6.20. The van der Waals surface area contributed by atoms with Crippen LogP contribution >= 0.6 is 12.4 Å². The van der Waals surface area contributed by atoms with Crippen molar-refractivity contribution in [3.05, 3.63) is 34.9 Å². The fourth-order valence-electron chi connectivity index (χ4n) is 2.85. The number of Topliss-reactive ketones (excluding diaryl/α,β-unsaturated/α-hetero) is 1. The van der Waals surface area contributed by atoms with Gasteiger partial charge in [-0.3, -0.25) is 9.59 Å². The van der Waals surface area contributed by atoms with E-state index in [9.17, 15) is 9.59 Å². The third-order valence-electron chi connectivity index (χ3n) is 4.63. The lowest BCUT2D eigenvalue weighted by molar-refractivity contribution is -0.131. The van der Waals surface area contributed by atoms with Crippen LogP contribution in [0.15, 0.2) is 18.2 Å². The summed E-state index contributed by atoms with van der Waals surface area (Å²) in [5, 5.41) is 0. The molecule has 1 atom stereocenters.